The summed E-state index contributed by atoms with van der Waals surface area (Å²) in [6, 6.07) is 22.5. The van der Waals surface area contributed by atoms with Gasteiger partial charge in [-0.2, -0.15) is 0 Å². The molecule has 0 saturated heterocycles. The van der Waals surface area contributed by atoms with Crippen LogP contribution < -0.4 is 0 Å². The van der Waals surface area contributed by atoms with Gasteiger partial charge in [0.2, 0.25) is 0 Å². The van der Waals surface area contributed by atoms with E-state index in [1.54, 1.807) is 0 Å². The fourth-order valence-electron chi connectivity index (χ4n) is 4.05. The fraction of sp³-hybridized carbons (Fsp3) is 0.292. The van der Waals surface area contributed by atoms with Crippen LogP contribution in [0.4, 0.5) is 0 Å². The molecule has 4 rings (SSSR count). The van der Waals surface area contributed by atoms with Crippen molar-refractivity contribution in [2.24, 2.45) is 5.92 Å². The van der Waals surface area contributed by atoms with Gasteiger partial charge in [-0.25, -0.2) is 0 Å². The molecule has 1 N–H and O–H groups in total. The summed E-state index contributed by atoms with van der Waals surface area (Å²) >= 11 is 0. The Balaban J connectivity index is 1.65. The Morgan fingerprint density at radius 3 is 2.15 bits per heavy atom. The van der Waals surface area contributed by atoms with Gasteiger partial charge in [0, 0.05) is 17.7 Å². The van der Waals surface area contributed by atoms with E-state index in [4.69, 9.17) is 0 Å². The monoisotopic (exact) mass is 343 g/mol. The molecular weight excluding hydrogens is 318 g/mol. The molecule has 0 unspecified atom stereocenters. The first-order valence-electron chi connectivity index (χ1n) is 9.68. The number of H-pyrrole nitrogens is 1. The lowest BCUT2D eigenvalue weighted by atomic mass is 9.97. The van der Waals surface area contributed by atoms with Gasteiger partial charge in [0.15, 0.2) is 5.78 Å². The van der Waals surface area contributed by atoms with Gasteiger partial charge < -0.3 is 4.98 Å². The van der Waals surface area contributed by atoms with E-state index in [9.17, 15) is 4.79 Å². The van der Waals surface area contributed by atoms with E-state index >= 15 is 0 Å². The van der Waals surface area contributed by atoms with Crippen LogP contribution in [0.1, 0.15) is 49.0 Å². The highest BCUT2D eigenvalue weighted by atomic mass is 16.1. The Labute approximate surface area is 155 Å². The Morgan fingerprint density at radius 1 is 0.885 bits per heavy atom. The maximum absolute atomic E-state index is 13.0. The Hall–Kier alpha value is -2.61. The summed E-state index contributed by atoms with van der Waals surface area (Å²) in [4.78, 5) is 16.4. The van der Waals surface area contributed by atoms with E-state index in [-0.39, 0.29) is 5.78 Å². The largest absolute Gasteiger partial charge is 0.352 e. The quantitative estimate of drug-likeness (QED) is 0.509. The van der Waals surface area contributed by atoms with Crippen LogP contribution in [0, 0.1) is 5.92 Å². The maximum atomic E-state index is 13.0. The number of carbonyl (C=O) groups is 1. The summed E-state index contributed by atoms with van der Waals surface area (Å²) in [5.74, 6) is 0.973. The lowest BCUT2D eigenvalue weighted by molar-refractivity contribution is 0.0970. The minimum atomic E-state index is 0.234. The third-order valence-corrected chi connectivity index (χ3v) is 5.52. The predicted octanol–water partition coefficient (Wildman–Crippen LogP) is 6.50. The van der Waals surface area contributed by atoms with Crippen molar-refractivity contribution in [1.29, 1.82) is 0 Å². The molecule has 1 aliphatic carbocycles. The summed E-state index contributed by atoms with van der Waals surface area (Å²) in [7, 11) is 0. The van der Waals surface area contributed by atoms with Crippen molar-refractivity contribution in [2.45, 2.75) is 38.5 Å². The number of hydrogen-bond donors (Lipinski definition) is 1. The Kier molecular flexibility index (Phi) is 5.01. The number of aromatic nitrogens is 1. The molecule has 3 aromatic rings. The number of benzene rings is 2. The molecule has 0 radical (unpaired) electrons. The highest BCUT2D eigenvalue weighted by Crippen LogP contribution is 2.33. The summed E-state index contributed by atoms with van der Waals surface area (Å²) < 4.78 is 0. The molecule has 132 valence electrons. The molecule has 0 aliphatic heterocycles. The standard InChI is InChI=1S/C24H25NO/c26-23(16-15-18-9-7-8-10-18)24-21(19-11-3-1-4-12-19)17-22(25-24)20-13-5-2-6-14-20/h1-6,11-14,17-18,25H,7-10,15-16H2. The number of ketones is 1. The molecular formula is C24H25NO. The van der Waals surface area contributed by atoms with E-state index in [0.717, 1.165) is 40.4 Å². The second-order valence-electron chi connectivity index (χ2n) is 7.32. The average Bonchev–Trinajstić information content (AvgIpc) is 3.37. The highest BCUT2D eigenvalue weighted by Gasteiger charge is 2.20. The first-order valence-corrected chi connectivity index (χ1v) is 9.68. The van der Waals surface area contributed by atoms with Gasteiger partial charge in [0.05, 0.1) is 5.69 Å². The molecule has 26 heavy (non-hydrogen) atoms. The minimum absolute atomic E-state index is 0.234. The normalized spacial score (nSPS) is 14.6. The third-order valence-electron chi connectivity index (χ3n) is 5.52. The van der Waals surface area contributed by atoms with Crippen molar-refractivity contribution >= 4 is 5.78 Å². The van der Waals surface area contributed by atoms with Gasteiger partial charge in [0.25, 0.3) is 0 Å². The molecule has 2 heteroatoms. The van der Waals surface area contributed by atoms with E-state index in [0.29, 0.717) is 6.42 Å². The van der Waals surface area contributed by atoms with Gasteiger partial charge in [-0.3, -0.25) is 4.79 Å². The molecule has 2 nitrogen and oxygen atoms in total. The number of hydrogen-bond acceptors (Lipinski definition) is 1. The highest BCUT2D eigenvalue weighted by molar-refractivity contribution is 6.02. The smallest absolute Gasteiger partial charge is 0.179 e. The second-order valence-corrected chi connectivity index (χ2v) is 7.32. The predicted molar refractivity (Wildman–Crippen MR) is 107 cm³/mol. The minimum Gasteiger partial charge on any atom is -0.352 e. The zero-order valence-electron chi connectivity index (χ0n) is 15.1. The topological polar surface area (TPSA) is 32.9 Å². The Bertz CT molecular complexity index is 858. The molecule has 0 atom stereocenters. The van der Waals surface area contributed by atoms with Crippen molar-refractivity contribution in [3.63, 3.8) is 0 Å². The number of aromatic amines is 1. The molecule has 0 bridgehead atoms. The average molecular weight is 343 g/mol. The van der Waals surface area contributed by atoms with Crippen molar-refractivity contribution in [3.8, 4) is 22.4 Å². The van der Waals surface area contributed by atoms with E-state index in [1.165, 1.54) is 25.7 Å². The van der Waals surface area contributed by atoms with Crippen LogP contribution in [0.5, 0.6) is 0 Å². The van der Waals surface area contributed by atoms with Crippen LogP contribution >= 0.6 is 0 Å². The molecule has 1 saturated carbocycles. The summed E-state index contributed by atoms with van der Waals surface area (Å²) in [5, 5.41) is 0. The second kappa shape index (κ2) is 7.74. The third kappa shape index (κ3) is 3.65. The molecule has 1 aliphatic rings. The summed E-state index contributed by atoms with van der Waals surface area (Å²) in [5.41, 5.74) is 4.98. The molecule has 1 heterocycles. The van der Waals surface area contributed by atoms with Crippen LogP contribution in [0.2, 0.25) is 0 Å². The van der Waals surface area contributed by atoms with E-state index in [1.807, 2.05) is 36.4 Å². The lowest BCUT2D eigenvalue weighted by Crippen LogP contribution is -2.05. The van der Waals surface area contributed by atoms with E-state index in [2.05, 4.69) is 35.3 Å². The zero-order chi connectivity index (χ0) is 17.8. The molecule has 0 amide bonds. The molecule has 1 fully saturated rings. The lowest BCUT2D eigenvalue weighted by Gasteiger charge is -2.08. The molecule has 0 spiro atoms. The first kappa shape index (κ1) is 16.8. The fourth-order valence-corrected chi connectivity index (χ4v) is 4.05. The van der Waals surface area contributed by atoms with Crippen LogP contribution in [-0.2, 0) is 0 Å². The van der Waals surface area contributed by atoms with Gasteiger partial charge in [-0.1, -0.05) is 86.3 Å². The van der Waals surface area contributed by atoms with Crippen molar-refractivity contribution in [2.75, 3.05) is 0 Å². The zero-order valence-corrected chi connectivity index (χ0v) is 15.1. The number of carbonyl (C=O) groups excluding carboxylic acids is 1. The molecule has 2 aromatic carbocycles. The van der Waals surface area contributed by atoms with Crippen LogP contribution in [-0.4, -0.2) is 10.8 Å². The number of rotatable bonds is 6. The number of Topliss-reactive ketones (excluding diaryl/α,β-unsaturated/α-hetero) is 1. The van der Waals surface area contributed by atoms with Crippen molar-refractivity contribution in [1.82, 2.24) is 4.98 Å². The molecule has 1 aromatic heterocycles. The Morgan fingerprint density at radius 2 is 1.50 bits per heavy atom. The summed E-state index contributed by atoms with van der Waals surface area (Å²) in [6.45, 7) is 0. The van der Waals surface area contributed by atoms with Crippen LogP contribution in [0.15, 0.2) is 66.7 Å². The maximum Gasteiger partial charge on any atom is 0.179 e. The van der Waals surface area contributed by atoms with E-state index < -0.39 is 0 Å². The van der Waals surface area contributed by atoms with Crippen LogP contribution in [0.25, 0.3) is 22.4 Å². The van der Waals surface area contributed by atoms with Crippen molar-refractivity contribution in [3.05, 3.63) is 72.4 Å². The van der Waals surface area contributed by atoms with Gasteiger partial charge in [-0.05, 0) is 29.5 Å². The van der Waals surface area contributed by atoms with Gasteiger partial charge in [0.1, 0.15) is 0 Å². The van der Waals surface area contributed by atoms with Crippen molar-refractivity contribution < 1.29 is 4.79 Å². The number of nitrogens with one attached hydrogen (secondary N) is 1. The van der Waals surface area contributed by atoms with Gasteiger partial charge in [-0.15, -0.1) is 0 Å². The van der Waals surface area contributed by atoms with Crippen LogP contribution in [0.3, 0.4) is 0 Å². The SMILES string of the molecule is O=C(CCC1CCCC1)c1[nH]c(-c2ccccc2)cc1-c1ccccc1. The van der Waals surface area contributed by atoms with Gasteiger partial charge >= 0.3 is 0 Å². The summed E-state index contributed by atoms with van der Waals surface area (Å²) in [6.07, 6.45) is 6.90. The first-order chi connectivity index (χ1) is 12.8.